The zero-order chi connectivity index (χ0) is 25.3. The highest BCUT2D eigenvalue weighted by molar-refractivity contribution is 5.97. The van der Waals surface area contributed by atoms with Crippen molar-refractivity contribution in [1.82, 2.24) is 5.32 Å². The SMILES string of the molecule is COC(=O)[C@H]1O[C@@H](Oc2ccc(CO)cc2C(=O)NCCCN=[N+]=[N-])[C@H](OC(C)=O)[C@@H](C)[C@@H]1C. The quantitative estimate of drug-likeness (QED) is 0.169. The highest BCUT2D eigenvalue weighted by Crippen LogP contribution is 2.35. The molecule has 34 heavy (non-hydrogen) atoms. The lowest BCUT2D eigenvalue weighted by molar-refractivity contribution is -0.248. The first-order valence-electron chi connectivity index (χ1n) is 10.8. The third kappa shape index (κ3) is 6.83. The van der Waals surface area contributed by atoms with Crippen LogP contribution in [0.25, 0.3) is 10.4 Å². The summed E-state index contributed by atoms with van der Waals surface area (Å²) in [6.07, 6.45) is -2.59. The van der Waals surface area contributed by atoms with Crippen molar-refractivity contribution in [2.24, 2.45) is 17.0 Å². The molecule has 12 heteroatoms. The van der Waals surface area contributed by atoms with E-state index >= 15 is 0 Å². The highest BCUT2D eigenvalue weighted by atomic mass is 16.7. The number of ether oxygens (including phenoxy) is 4. The van der Waals surface area contributed by atoms with Gasteiger partial charge in [-0.25, -0.2) is 4.79 Å². The Morgan fingerprint density at radius 2 is 2.00 bits per heavy atom. The number of azide groups is 1. The highest BCUT2D eigenvalue weighted by Gasteiger charge is 2.48. The van der Waals surface area contributed by atoms with Gasteiger partial charge in [0.25, 0.3) is 5.91 Å². The minimum Gasteiger partial charge on any atom is -0.467 e. The van der Waals surface area contributed by atoms with Gasteiger partial charge in [-0.2, -0.15) is 0 Å². The number of aliphatic hydroxyl groups is 1. The molecule has 1 aliphatic heterocycles. The molecule has 1 saturated heterocycles. The van der Waals surface area contributed by atoms with Crippen molar-refractivity contribution in [3.05, 3.63) is 39.8 Å². The van der Waals surface area contributed by atoms with Gasteiger partial charge in [-0.3, -0.25) is 9.59 Å². The molecule has 0 unspecified atom stereocenters. The van der Waals surface area contributed by atoms with Gasteiger partial charge in [0.1, 0.15) is 5.75 Å². The lowest BCUT2D eigenvalue weighted by Crippen LogP contribution is -2.55. The molecule has 186 valence electrons. The molecular weight excluding hydrogens is 448 g/mol. The number of amides is 1. The van der Waals surface area contributed by atoms with Crippen molar-refractivity contribution in [2.75, 3.05) is 20.2 Å². The van der Waals surface area contributed by atoms with Crippen molar-refractivity contribution < 1.29 is 38.4 Å². The smallest absolute Gasteiger partial charge is 0.335 e. The average molecular weight is 479 g/mol. The Bertz CT molecular complexity index is 933. The van der Waals surface area contributed by atoms with Crippen LogP contribution in [0.2, 0.25) is 0 Å². The predicted octanol–water partition coefficient (Wildman–Crippen LogP) is 2.09. The Morgan fingerprint density at radius 1 is 1.26 bits per heavy atom. The first-order chi connectivity index (χ1) is 16.2. The fourth-order valence-electron chi connectivity index (χ4n) is 3.58. The van der Waals surface area contributed by atoms with Crippen molar-refractivity contribution >= 4 is 17.8 Å². The Hall–Kier alpha value is -3.34. The number of nitrogens with zero attached hydrogens (tertiary/aromatic N) is 3. The summed E-state index contributed by atoms with van der Waals surface area (Å²) in [6, 6.07) is 4.53. The normalized spacial score (nSPS) is 23.9. The minimum absolute atomic E-state index is 0.109. The molecule has 1 aliphatic rings. The van der Waals surface area contributed by atoms with E-state index in [1.54, 1.807) is 19.9 Å². The summed E-state index contributed by atoms with van der Waals surface area (Å²) >= 11 is 0. The Labute approximate surface area is 197 Å². The lowest BCUT2D eigenvalue weighted by Gasteiger charge is -2.42. The van der Waals surface area contributed by atoms with Gasteiger partial charge in [-0.1, -0.05) is 25.0 Å². The van der Waals surface area contributed by atoms with Gasteiger partial charge in [-0.15, -0.1) is 0 Å². The number of esters is 2. The van der Waals surface area contributed by atoms with Crippen LogP contribution in [0.5, 0.6) is 5.75 Å². The minimum atomic E-state index is -1.20. The average Bonchev–Trinajstić information content (AvgIpc) is 2.82. The maximum atomic E-state index is 12.8. The van der Waals surface area contributed by atoms with Crippen molar-refractivity contribution in [1.29, 1.82) is 0 Å². The van der Waals surface area contributed by atoms with Crippen LogP contribution in [0.1, 0.15) is 43.1 Å². The summed E-state index contributed by atoms with van der Waals surface area (Å²) in [5.41, 5.74) is 8.93. The largest absolute Gasteiger partial charge is 0.467 e. The second-order valence-electron chi connectivity index (χ2n) is 7.91. The van der Waals surface area contributed by atoms with Crippen molar-refractivity contribution in [3.8, 4) is 5.75 Å². The standard InChI is InChI=1S/C22H30N4O8/c1-12-13(2)19(32-14(3)28)22(34-18(12)21(30)31-4)33-17-7-6-15(11-27)10-16(17)20(29)24-8-5-9-25-26-23/h6-7,10,12-13,18-19,22,27H,5,8-9,11H2,1-4H3,(H,24,29)/t12-,13-,18-,19+,22+/m0/s1. The Morgan fingerprint density at radius 3 is 2.62 bits per heavy atom. The molecule has 1 aromatic carbocycles. The summed E-state index contributed by atoms with van der Waals surface area (Å²) in [5.74, 6) is -2.20. The number of methoxy groups -OCH3 is 1. The molecule has 0 aromatic heterocycles. The predicted molar refractivity (Wildman–Crippen MR) is 119 cm³/mol. The molecule has 12 nitrogen and oxygen atoms in total. The van der Waals surface area contributed by atoms with Crippen LogP contribution in [0, 0.1) is 11.8 Å². The van der Waals surface area contributed by atoms with Crippen LogP contribution in [0.15, 0.2) is 23.3 Å². The molecule has 0 spiro atoms. The molecule has 0 aliphatic carbocycles. The second kappa shape index (κ2) is 12.8. The van der Waals surface area contributed by atoms with Crippen molar-refractivity contribution in [3.63, 3.8) is 0 Å². The molecular formula is C22H30N4O8. The van der Waals surface area contributed by atoms with E-state index in [2.05, 4.69) is 15.3 Å². The number of hydrogen-bond donors (Lipinski definition) is 2. The van der Waals surface area contributed by atoms with Gasteiger partial charge >= 0.3 is 11.9 Å². The molecule has 1 amide bonds. The molecule has 0 bridgehead atoms. The molecule has 2 N–H and O–H groups in total. The summed E-state index contributed by atoms with van der Waals surface area (Å²) < 4.78 is 22.1. The maximum Gasteiger partial charge on any atom is 0.335 e. The fourth-order valence-corrected chi connectivity index (χ4v) is 3.58. The van der Waals surface area contributed by atoms with Gasteiger partial charge in [-0.05, 0) is 35.6 Å². The molecule has 1 heterocycles. The van der Waals surface area contributed by atoms with Crippen LogP contribution >= 0.6 is 0 Å². The van der Waals surface area contributed by atoms with Gasteiger partial charge < -0.3 is 29.4 Å². The first-order valence-corrected chi connectivity index (χ1v) is 10.8. The number of benzene rings is 1. The van der Waals surface area contributed by atoms with Gasteiger partial charge in [0.15, 0.2) is 12.2 Å². The van der Waals surface area contributed by atoms with E-state index in [0.29, 0.717) is 12.0 Å². The lowest BCUT2D eigenvalue weighted by atomic mass is 9.83. The summed E-state index contributed by atoms with van der Waals surface area (Å²) in [5, 5.41) is 15.6. The van der Waals surface area contributed by atoms with Crippen molar-refractivity contribution in [2.45, 2.75) is 52.3 Å². The third-order valence-electron chi connectivity index (χ3n) is 5.61. The van der Waals surface area contributed by atoms with E-state index < -0.39 is 36.3 Å². The zero-order valence-electron chi connectivity index (χ0n) is 19.6. The summed E-state index contributed by atoms with van der Waals surface area (Å²) in [4.78, 5) is 39.5. The van der Waals surface area contributed by atoms with E-state index in [0.717, 1.165) is 0 Å². The fraction of sp³-hybridized carbons (Fsp3) is 0.591. The van der Waals surface area contributed by atoms with Crippen LogP contribution in [0.3, 0.4) is 0 Å². The van der Waals surface area contributed by atoms with Crippen LogP contribution < -0.4 is 10.1 Å². The van der Waals surface area contributed by atoms with E-state index in [1.165, 1.54) is 26.2 Å². The molecule has 0 saturated carbocycles. The van der Waals surface area contributed by atoms with E-state index in [1.807, 2.05) is 0 Å². The number of rotatable bonds is 10. The molecule has 5 atom stereocenters. The number of hydrogen-bond acceptors (Lipinski definition) is 9. The van der Waals surface area contributed by atoms with E-state index in [9.17, 15) is 19.5 Å². The van der Waals surface area contributed by atoms with E-state index in [4.69, 9.17) is 24.5 Å². The van der Waals surface area contributed by atoms with E-state index in [-0.39, 0.29) is 42.8 Å². The van der Waals surface area contributed by atoms with Crippen LogP contribution in [-0.4, -0.2) is 61.6 Å². The first kappa shape index (κ1) is 26.9. The van der Waals surface area contributed by atoms with Gasteiger partial charge in [0.2, 0.25) is 6.29 Å². The Kier molecular flexibility index (Phi) is 10.1. The number of carbonyl (C=O) groups excluding carboxylic acids is 3. The van der Waals surface area contributed by atoms with Crippen LogP contribution in [0.4, 0.5) is 0 Å². The second-order valence-corrected chi connectivity index (χ2v) is 7.91. The topological polar surface area (TPSA) is 169 Å². The summed E-state index contributed by atoms with van der Waals surface area (Å²) in [7, 11) is 1.25. The summed E-state index contributed by atoms with van der Waals surface area (Å²) in [6.45, 7) is 5.01. The zero-order valence-corrected chi connectivity index (χ0v) is 19.6. The number of carbonyl (C=O) groups is 3. The monoisotopic (exact) mass is 478 g/mol. The molecule has 0 radical (unpaired) electrons. The van der Waals surface area contributed by atoms with Gasteiger partial charge in [0.05, 0.1) is 19.3 Å². The number of aliphatic hydroxyl groups excluding tert-OH is 1. The third-order valence-corrected chi connectivity index (χ3v) is 5.61. The Balaban J connectivity index is 2.32. The molecule has 1 aromatic rings. The maximum absolute atomic E-state index is 12.8. The molecule has 1 fully saturated rings. The molecule has 2 rings (SSSR count). The number of nitrogens with one attached hydrogen (secondary N) is 1. The van der Waals surface area contributed by atoms with Gasteiger partial charge in [0, 0.05) is 30.8 Å². The van der Waals surface area contributed by atoms with Crippen LogP contribution in [-0.2, 0) is 30.4 Å².